The summed E-state index contributed by atoms with van der Waals surface area (Å²) in [7, 11) is 3.23. The van der Waals surface area contributed by atoms with Gasteiger partial charge in [0.2, 0.25) is 0 Å². The molecule has 6 nitrogen and oxygen atoms in total. The van der Waals surface area contributed by atoms with Crippen LogP contribution in [0.15, 0.2) is 18.2 Å². The van der Waals surface area contributed by atoms with Crippen LogP contribution in [-0.4, -0.2) is 30.1 Å². The Kier molecular flexibility index (Phi) is 6.04. The van der Waals surface area contributed by atoms with Crippen LogP contribution in [0.1, 0.15) is 66.1 Å². The second-order valence-corrected chi connectivity index (χ2v) is 9.42. The third kappa shape index (κ3) is 4.12. The molecular weight excluding hydrogens is 398 g/mol. The molecule has 0 aliphatic carbocycles. The van der Waals surface area contributed by atoms with Crippen LogP contribution in [0, 0.1) is 13.8 Å². The number of ether oxygens (including phenoxy) is 2. The third-order valence-electron chi connectivity index (χ3n) is 5.10. The molecule has 0 aliphatic heterocycles. The molecule has 2 aromatic heterocycles. The lowest BCUT2D eigenvalue weighted by Crippen LogP contribution is -2.26. The number of hydrogen-bond acceptors (Lipinski definition) is 6. The van der Waals surface area contributed by atoms with Crippen LogP contribution in [0.2, 0.25) is 0 Å². The van der Waals surface area contributed by atoms with Crippen LogP contribution in [0.3, 0.4) is 0 Å². The van der Waals surface area contributed by atoms with Gasteiger partial charge in [0.25, 0.3) is 5.91 Å². The standard InChI is InChI=1S/C23H29N3O3S/c1-12-18-14(3)25-22(23(4,5)6)26-21(18)30-19(12)20(27)24-13(2)16-11-15(28-7)9-10-17(16)29-8/h9-11,13H,1-8H3,(H,24,27). The van der Waals surface area contributed by atoms with Gasteiger partial charge in [0.05, 0.1) is 30.8 Å². The van der Waals surface area contributed by atoms with Crippen LogP contribution in [0.4, 0.5) is 0 Å². The predicted molar refractivity (Wildman–Crippen MR) is 121 cm³/mol. The summed E-state index contributed by atoms with van der Waals surface area (Å²) in [4.78, 5) is 24.1. The number of hydrogen-bond donors (Lipinski definition) is 1. The van der Waals surface area contributed by atoms with Crippen molar-refractivity contribution in [1.29, 1.82) is 0 Å². The molecule has 1 amide bonds. The van der Waals surface area contributed by atoms with E-state index in [9.17, 15) is 4.79 Å². The Balaban J connectivity index is 1.96. The molecule has 7 heteroatoms. The summed E-state index contributed by atoms with van der Waals surface area (Å²) in [5, 5.41) is 4.06. The largest absolute Gasteiger partial charge is 0.497 e. The highest BCUT2D eigenvalue weighted by Crippen LogP contribution is 2.34. The Morgan fingerprint density at radius 1 is 1.13 bits per heavy atom. The number of carbonyl (C=O) groups is 1. The van der Waals surface area contributed by atoms with E-state index in [1.54, 1.807) is 14.2 Å². The zero-order valence-corrected chi connectivity index (χ0v) is 19.7. The van der Waals surface area contributed by atoms with E-state index in [0.717, 1.165) is 32.9 Å². The van der Waals surface area contributed by atoms with Gasteiger partial charge in [-0.15, -0.1) is 11.3 Å². The van der Waals surface area contributed by atoms with Crippen LogP contribution >= 0.6 is 11.3 Å². The number of aryl methyl sites for hydroxylation is 2. The van der Waals surface area contributed by atoms with Crippen molar-refractivity contribution in [3.63, 3.8) is 0 Å². The first-order chi connectivity index (χ1) is 14.1. The van der Waals surface area contributed by atoms with Crippen molar-refractivity contribution in [2.75, 3.05) is 14.2 Å². The average molecular weight is 428 g/mol. The first-order valence-electron chi connectivity index (χ1n) is 9.87. The molecule has 0 spiro atoms. The topological polar surface area (TPSA) is 73.3 Å². The van der Waals surface area contributed by atoms with Crippen LogP contribution in [0.5, 0.6) is 11.5 Å². The highest BCUT2D eigenvalue weighted by atomic mass is 32.1. The number of amides is 1. The monoisotopic (exact) mass is 427 g/mol. The number of aromatic nitrogens is 2. The summed E-state index contributed by atoms with van der Waals surface area (Å²) >= 11 is 1.41. The lowest BCUT2D eigenvalue weighted by molar-refractivity contribution is 0.0943. The number of methoxy groups -OCH3 is 2. The fraction of sp³-hybridized carbons (Fsp3) is 0.435. The molecule has 1 unspecified atom stereocenters. The molecule has 1 aromatic carbocycles. The summed E-state index contributed by atoms with van der Waals surface area (Å²) in [5.74, 6) is 2.07. The number of thiophene rings is 1. The van der Waals surface area contributed by atoms with E-state index >= 15 is 0 Å². The fourth-order valence-corrected chi connectivity index (χ4v) is 4.54. The fourth-order valence-electron chi connectivity index (χ4n) is 3.41. The van der Waals surface area contributed by atoms with E-state index in [-0.39, 0.29) is 17.4 Å². The Bertz CT molecular complexity index is 1100. The molecule has 3 aromatic rings. The van der Waals surface area contributed by atoms with E-state index in [1.807, 2.05) is 39.0 Å². The zero-order chi connectivity index (χ0) is 22.2. The highest BCUT2D eigenvalue weighted by molar-refractivity contribution is 7.20. The third-order valence-corrected chi connectivity index (χ3v) is 6.28. The van der Waals surface area contributed by atoms with Crippen LogP contribution in [0.25, 0.3) is 10.2 Å². The van der Waals surface area contributed by atoms with Gasteiger partial charge in [-0.05, 0) is 44.5 Å². The number of fused-ring (bicyclic) bond motifs is 1. The summed E-state index contributed by atoms with van der Waals surface area (Å²) < 4.78 is 10.8. The maximum atomic E-state index is 13.1. The Morgan fingerprint density at radius 2 is 1.83 bits per heavy atom. The minimum Gasteiger partial charge on any atom is -0.497 e. The van der Waals surface area contributed by atoms with Crippen molar-refractivity contribution >= 4 is 27.5 Å². The van der Waals surface area contributed by atoms with Crippen molar-refractivity contribution in [3.05, 3.63) is 45.7 Å². The lowest BCUT2D eigenvalue weighted by atomic mass is 9.95. The molecule has 160 valence electrons. The zero-order valence-electron chi connectivity index (χ0n) is 18.8. The molecule has 0 bridgehead atoms. The normalized spacial score (nSPS) is 12.7. The lowest BCUT2D eigenvalue weighted by Gasteiger charge is -2.18. The van der Waals surface area contributed by atoms with Crippen molar-refractivity contribution in [1.82, 2.24) is 15.3 Å². The molecule has 30 heavy (non-hydrogen) atoms. The van der Waals surface area contributed by atoms with E-state index in [4.69, 9.17) is 14.5 Å². The quantitative estimate of drug-likeness (QED) is 0.612. The second kappa shape index (κ2) is 8.22. The molecule has 0 saturated heterocycles. The Morgan fingerprint density at radius 3 is 2.43 bits per heavy atom. The summed E-state index contributed by atoms with van der Waals surface area (Å²) in [6, 6.07) is 5.30. The van der Waals surface area contributed by atoms with Crippen LogP contribution < -0.4 is 14.8 Å². The van der Waals surface area contributed by atoms with Crippen molar-refractivity contribution < 1.29 is 14.3 Å². The molecule has 0 aliphatic rings. The van der Waals surface area contributed by atoms with E-state index in [1.165, 1.54) is 11.3 Å². The summed E-state index contributed by atoms with van der Waals surface area (Å²) in [5.41, 5.74) is 2.52. The first-order valence-corrected chi connectivity index (χ1v) is 10.7. The van der Waals surface area contributed by atoms with Gasteiger partial charge in [0.1, 0.15) is 22.2 Å². The van der Waals surface area contributed by atoms with Gasteiger partial charge >= 0.3 is 0 Å². The van der Waals surface area contributed by atoms with E-state index in [0.29, 0.717) is 16.4 Å². The number of benzene rings is 1. The van der Waals surface area contributed by atoms with Gasteiger partial charge in [0, 0.05) is 16.4 Å². The smallest absolute Gasteiger partial charge is 0.262 e. The summed E-state index contributed by atoms with van der Waals surface area (Å²) in [6.45, 7) is 12.1. The first kappa shape index (κ1) is 22.0. The van der Waals surface area contributed by atoms with Crippen molar-refractivity contribution in [2.24, 2.45) is 0 Å². The second-order valence-electron chi connectivity index (χ2n) is 8.42. The molecule has 0 radical (unpaired) electrons. The maximum Gasteiger partial charge on any atom is 0.262 e. The molecular formula is C23H29N3O3S. The van der Waals surface area contributed by atoms with E-state index in [2.05, 4.69) is 31.1 Å². The van der Waals surface area contributed by atoms with Crippen LogP contribution in [-0.2, 0) is 5.41 Å². The number of carbonyl (C=O) groups excluding carboxylic acids is 1. The Hall–Kier alpha value is -2.67. The molecule has 0 fully saturated rings. The molecule has 3 rings (SSSR count). The minimum atomic E-state index is -0.260. The molecule has 2 heterocycles. The number of nitrogens with one attached hydrogen (secondary N) is 1. The molecule has 1 N–H and O–H groups in total. The van der Waals surface area contributed by atoms with Gasteiger partial charge in [-0.1, -0.05) is 20.8 Å². The van der Waals surface area contributed by atoms with Gasteiger partial charge < -0.3 is 14.8 Å². The average Bonchev–Trinajstić information content (AvgIpc) is 3.03. The van der Waals surface area contributed by atoms with Gasteiger partial charge in [-0.25, -0.2) is 9.97 Å². The number of nitrogens with zero attached hydrogens (tertiary/aromatic N) is 2. The van der Waals surface area contributed by atoms with Gasteiger partial charge in [-0.3, -0.25) is 4.79 Å². The highest BCUT2D eigenvalue weighted by Gasteiger charge is 2.24. The maximum absolute atomic E-state index is 13.1. The van der Waals surface area contributed by atoms with E-state index < -0.39 is 0 Å². The minimum absolute atomic E-state index is 0.135. The summed E-state index contributed by atoms with van der Waals surface area (Å²) in [6.07, 6.45) is 0. The molecule has 1 atom stereocenters. The van der Waals surface area contributed by atoms with Crippen molar-refractivity contribution in [2.45, 2.75) is 53.0 Å². The predicted octanol–water partition coefficient (Wildman–Crippen LogP) is 5.11. The number of rotatable bonds is 5. The molecule has 0 saturated carbocycles. The van der Waals surface area contributed by atoms with Gasteiger partial charge in [-0.2, -0.15) is 0 Å². The SMILES string of the molecule is COc1ccc(OC)c(C(C)NC(=O)c2sc3nc(C(C)(C)C)nc(C)c3c2C)c1. The van der Waals surface area contributed by atoms with Gasteiger partial charge in [0.15, 0.2) is 0 Å². The van der Waals surface area contributed by atoms with Crippen molar-refractivity contribution in [3.8, 4) is 11.5 Å². The Labute approximate surface area is 181 Å².